The second kappa shape index (κ2) is 7.61. The number of carbonyl (C=O) groups is 2. The normalized spacial score (nSPS) is 49.0. The molecule has 0 heterocycles. The number of rotatable bonds is 5. The van der Waals surface area contributed by atoms with Crippen molar-refractivity contribution in [2.75, 3.05) is 12.3 Å². The number of hydrogen-bond acceptors (Lipinski definition) is 4. The highest BCUT2D eigenvalue weighted by atomic mass is 32.2. The summed E-state index contributed by atoms with van der Waals surface area (Å²) in [5.74, 6) is 3.04. The topological polar surface area (TPSA) is 77.2 Å². The maximum Gasteiger partial charge on any atom is 0.139 e. The first-order valence-corrected chi connectivity index (χ1v) is 12.8. The number of Topliss-reactive ketones (excluding diaryl/α,β-unsaturated/α-hetero) is 1. The monoisotopic (exact) mass is 407 g/mol. The standard InChI is InChI=1S/C23H37NO3S/c1-22-8-6-17(28(27)11-3-10-24)13-16(22)12-15(14-25)21-18-4-5-20(26)23(18,2)9-7-19(21)22/h14-19,21H,3-13,24H2,1-2H3/t15?,16?,17-,18-,19-,21-,22-,23-,28?/m0/s1. The van der Waals surface area contributed by atoms with E-state index in [0.29, 0.717) is 42.4 Å². The van der Waals surface area contributed by atoms with Gasteiger partial charge in [-0.3, -0.25) is 9.00 Å². The van der Waals surface area contributed by atoms with Gasteiger partial charge < -0.3 is 10.5 Å². The Morgan fingerprint density at radius 2 is 1.93 bits per heavy atom. The van der Waals surface area contributed by atoms with E-state index in [4.69, 9.17) is 5.73 Å². The van der Waals surface area contributed by atoms with Crippen molar-refractivity contribution in [3.63, 3.8) is 0 Å². The van der Waals surface area contributed by atoms with E-state index in [1.165, 1.54) is 6.29 Å². The summed E-state index contributed by atoms with van der Waals surface area (Å²) in [4.78, 5) is 24.8. The Balaban J connectivity index is 1.58. The van der Waals surface area contributed by atoms with Crippen molar-refractivity contribution in [2.24, 2.45) is 46.2 Å². The SMILES string of the molecule is C[C@]12CC[C@H](S(=O)CCCN)CC1CC(C=O)[C@@H]1[C@@H]2CC[C@]2(C)C(=O)CC[C@@H]12. The highest BCUT2D eigenvalue weighted by Crippen LogP contribution is 2.66. The third-order valence-electron chi connectivity index (χ3n) is 9.52. The van der Waals surface area contributed by atoms with Crippen molar-refractivity contribution in [3.05, 3.63) is 0 Å². The summed E-state index contributed by atoms with van der Waals surface area (Å²) in [5, 5.41) is 0.274. The van der Waals surface area contributed by atoms with Gasteiger partial charge in [-0.2, -0.15) is 0 Å². The summed E-state index contributed by atoms with van der Waals surface area (Å²) >= 11 is 0. The number of aldehydes is 1. The zero-order chi connectivity index (χ0) is 20.1. The molecule has 0 saturated heterocycles. The van der Waals surface area contributed by atoms with Gasteiger partial charge in [-0.15, -0.1) is 0 Å². The molecular weight excluding hydrogens is 370 g/mol. The molecule has 28 heavy (non-hydrogen) atoms. The molecule has 0 amide bonds. The van der Waals surface area contributed by atoms with Crippen LogP contribution in [0.2, 0.25) is 0 Å². The predicted octanol–water partition coefficient (Wildman–Crippen LogP) is 3.49. The fourth-order valence-corrected chi connectivity index (χ4v) is 9.44. The van der Waals surface area contributed by atoms with Crippen LogP contribution in [0, 0.1) is 40.4 Å². The smallest absolute Gasteiger partial charge is 0.139 e. The minimum Gasteiger partial charge on any atom is -0.330 e. The van der Waals surface area contributed by atoms with Gasteiger partial charge in [-0.1, -0.05) is 13.8 Å². The van der Waals surface area contributed by atoms with Crippen LogP contribution in [-0.4, -0.2) is 33.8 Å². The van der Waals surface area contributed by atoms with Gasteiger partial charge in [0.05, 0.1) is 0 Å². The second-order valence-electron chi connectivity index (χ2n) is 10.6. The molecule has 2 N–H and O–H groups in total. The van der Waals surface area contributed by atoms with Gasteiger partial charge in [0, 0.05) is 39.6 Å². The number of nitrogens with two attached hydrogens (primary N) is 1. The Labute approximate surface area is 172 Å². The van der Waals surface area contributed by atoms with Crippen LogP contribution in [0.15, 0.2) is 0 Å². The average Bonchev–Trinajstić information content (AvgIpc) is 2.99. The fourth-order valence-electron chi connectivity index (χ4n) is 7.83. The minimum absolute atomic E-state index is 0.0785. The molecule has 4 rings (SSSR count). The average molecular weight is 408 g/mol. The maximum absolute atomic E-state index is 12.7. The van der Waals surface area contributed by atoms with Gasteiger partial charge in [0.25, 0.3) is 0 Å². The van der Waals surface area contributed by atoms with Crippen LogP contribution >= 0.6 is 0 Å². The summed E-state index contributed by atoms with van der Waals surface area (Å²) < 4.78 is 12.7. The molecule has 4 aliphatic carbocycles. The molecule has 3 unspecified atom stereocenters. The van der Waals surface area contributed by atoms with Gasteiger partial charge in [0.2, 0.25) is 0 Å². The lowest BCUT2D eigenvalue weighted by Crippen LogP contribution is -2.57. The lowest BCUT2D eigenvalue weighted by atomic mass is 9.43. The van der Waals surface area contributed by atoms with Crippen LogP contribution in [0.1, 0.15) is 71.6 Å². The van der Waals surface area contributed by atoms with Crippen LogP contribution in [0.3, 0.4) is 0 Å². The Morgan fingerprint density at radius 3 is 2.64 bits per heavy atom. The Hall–Kier alpha value is -0.550. The van der Waals surface area contributed by atoms with Crippen molar-refractivity contribution in [1.82, 2.24) is 0 Å². The van der Waals surface area contributed by atoms with Crippen molar-refractivity contribution in [2.45, 2.75) is 76.9 Å². The van der Waals surface area contributed by atoms with Gasteiger partial charge in [0.1, 0.15) is 12.1 Å². The van der Waals surface area contributed by atoms with E-state index in [0.717, 1.165) is 57.1 Å². The van der Waals surface area contributed by atoms with Crippen molar-refractivity contribution in [1.29, 1.82) is 0 Å². The second-order valence-corrected chi connectivity index (χ2v) is 12.4. The summed E-state index contributed by atoms with van der Waals surface area (Å²) in [6.07, 6.45) is 9.92. The fraction of sp³-hybridized carbons (Fsp3) is 0.913. The Morgan fingerprint density at radius 1 is 1.14 bits per heavy atom. The van der Waals surface area contributed by atoms with E-state index >= 15 is 0 Å². The largest absolute Gasteiger partial charge is 0.330 e. The Kier molecular flexibility index (Phi) is 5.63. The molecule has 0 aliphatic heterocycles. The number of ketones is 1. The summed E-state index contributed by atoms with van der Waals surface area (Å²) in [5.41, 5.74) is 5.66. The van der Waals surface area contributed by atoms with Crippen LogP contribution in [0.25, 0.3) is 0 Å². The van der Waals surface area contributed by atoms with E-state index in [-0.39, 0.29) is 22.0 Å². The summed E-state index contributed by atoms with van der Waals surface area (Å²) in [7, 11) is -0.792. The number of carbonyl (C=O) groups excluding carboxylic acids is 2. The summed E-state index contributed by atoms with van der Waals surface area (Å²) in [6, 6.07) is 0. The van der Waals surface area contributed by atoms with Gasteiger partial charge in [-0.25, -0.2) is 0 Å². The van der Waals surface area contributed by atoms with E-state index < -0.39 is 10.8 Å². The molecule has 0 spiro atoms. The maximum atomic E-state index is 12.7. The third kappa shape index (κ3) is 3.07. The van der Waals surface area contributed by atoms with Crippen molar-refractivity contribution in [3.8, 4) is 0 Å². The van der Waals surface area contributed by atoms with E-state index in [9.17, 15) is 13.8 Å². The van der Waals surface area contributed by atoms with Crippen LogP contribution in [0.5, 0.6) is 0 Å². The zero-order valence-electron chi connectivity index (χ0n) is 17.5. The van der Waals surface area contributed by atoms with Gasteiger partial charge in [-0.05, 0) is 87.0 Å². The molecule has 0 aromatic heterocycles. The molecular formula is C23H37NO3S. The lowest BCUT2D eigenvalue weighted by Gasteiger charge is -2.61. The molecule has 0 bridgehead atoms. The molecule has 0 aromatic rings. The van der Waals surface area contributed by atoms with E-state index in [2.05, 4.69) is 13.8 Å². The minimum atomic E-state index is -0.792. The first-order valence-electron chi connectivity index (χ1n) is 11.4. The molecule has 9 atom stereocenters. The van der Waals surface area contributed by atoms with Crippen molar-refractivity contribution < 1.29 is 13.8 Å². The van der Waals surface area contributed by atoms with Crippen LogP contribution in [0.4, 0.5) is 0 Å². The molecule has 0 aromatic carbocycles. The molecule has 4 fully saturated rings. The number of fused-ring (bicyclic) bond motifs is 5. The molecule has 4 aliphatic rings. The first-order chi connectivity index (χ1) is 13.3. The predicted molar refractivity (Wildman–Crippen MR) is 112 cm³/mol. The molecule has 4 nitrogen and oxygen atoms in total. The molecule has 4 saturated carbocycles. The van der Waals surface area contributed by atoms with Gasteiger partial charge in [0.15, 0.2) is 0 Å². The van der Waals surface area contributed by atoms with Gasteiger partial charge >= 0.3 is 0 Å². The highest BCUT2D eigenvalue weighted by molar-refractivity contribution is 7.85. The quantitative estimate of drug-likeness (QED) is 0.708. The van der Waals surface area contributed by atoms with E-state index in [1.54, 1.807) is 0 Å². The lowest BCUT2D eigenvalue weighted by molar-refractivity contribution is -0.152. The summed E-state index contributed by atoms with van der Waals surface area (Å²) in [6.45, 7) is 5.24. The van der Waals surface area contributed by atoms with Crippen molar-refractivity contribution >= 4 is 22.9 Å². The molecule has 158 valence electrons. The third-order valence-corrected chi connectivity index (χ3v) is 11.4. The van der Waals surface area contributed by atoms with Crippen LogP contribution in [-0.2, 0) is 20.4 Å². The first kappa shape index (κ1) is 20.7. The molecule has 5 heteroatoms. The van der Waals surface area contributed by atoms with Crippen LogP contribution < -0.4 is 5.73 Å². The molecule has 0 radical (unpaired) electrons. The zero-order valence-corrected chi connectivity index (χ0v) is 18.3. The van der Waals surface area contributed by atoms with E-state index in [1.807, 2.05) is 0 Å². The Bertz CT molecular complexity index is 666. The highest BCUT2D eigenvalue weighted by Gasteiger charge is 2.62. The number of hydrogen-bond donors (Lipinski definition) is 1.